The Morgan fingerprint density at radius 2 is 2.00 bits per heavy atom. The van der Waals surface area contributed by atoms with E-state index in [9.17, 15) is 18.0 Å². The number of nitrogens with one attached hydrogen (secondary N) is 1. The second-order valence-corrected chi connectivity index (χ2v) is 7.95. The Morgan fingerprint density at radius 3 is 2.59 bits per heavy atom. The first-order valence-corrected chi connectivity index (χ1v) is 10.1. The van der Waals surface area contributed by atoms with Crippen LogP contribution in [0.1, 0.15) is 61.1 Å². The number of amides is 1. The summed E-state index contributed by atoms with van der Waals surface area (Å²) >= 11 is 0. The zero-order chi connectivity index (χ0) is 21.3. The van der Waals surface area contributed by atoms with Crippen molar-refractivity contribution in [2.75, 3.05) is 6.54 Å². The van der Waals surface area contributed by atoms with Gasteiger partial charge in [-0.05, 0) is 51.5 Å². The van der Waals surface area contributed by atoms with Crippen molar-refractivity contribution >= 4 is 5.91 Å². The van der Waals surface area contributed by atoms with Gasteiger partial charge in [0.1, 0.15) is 6.04 Å². The number of hydrogen-bond donors (Lipinski definition) is 1. The van der Waals surface area contributed by atoms with E-state index in [0.29, 0.717) is 44.5 Å². The Hall–Kier alpha value is -2.32. The van der Waals surface area contributed by atoms with E-state index in [1.807, 2.05) is 31.5 Å². The fourth-order valence-corrected chi connectivity index (χ4v) is 4.03. The fourth-order valence-electron chi connectivity index (χ4n) is 4.03. The van der Waals surface area contributed by atoms with Gasteiger partial charge in [0.2, 0.25) is 5.91 Å². The number of carbonyl (C=O) groups excluding carboxylic acids is 1. The molecule has 1 N–H and O–H groups in total. The molecule has 29 heavy (non-hydrogen) atoms. The summed E-state index contributed by atoms with van der Waals surface area (Å²) < 4.78 is 43.2. The number of carbonyl (C=O) groups is 1. The second-order valence-electron chi connectivity index (χ2n) is 7.95. The first-order valence-electron chi connectivity index (χ1n) is 10.1. The molecule has 2 aromatic heterocycles. The van der Waals surface area contributed by atoms with Gasteiger partial charge in [0.05, 0.1) is 5.69 Å². The number of fused-ring (bicyclic) bond motifs is 1. The molecule has 0 radical (unpaired) electrons. The summed E-state index contributed by atoms with van der Waals surface area (Å²) in [6.07, 6.45) is -2.57. The molecule has 0 saturated heterocycles. The van der Waals surface area contributed by atoms with Gasteiger partial charge in [-0.2, -0.15) is 23.4 Å². The lowest BCUT2D eigenvalue weighted by atomic mass is 10.1. The third-order valence-electron chi connectivity index (χ3n) is 5.42. The molecule has 0 aromatic carbocycles. The molecule has 160 valence electrons. The van der Waals surface area contributed by atoms with E-state index >= 15 is 0 Å². The van der Waals surface area contributed by atoms with Crippen molar-refractivity contribution in [2.45, 2.75) is 72.1 Å². The Balaban J connectivity index is 1.69. The number of aromatic nitrogens is 4. The number of aryl methyl sites for hydroxylation is 2. The van der Waals surface area contributed by atoms with E-state index in [1.54, 1.807) is 6.92 Å². The number of hydrogen-bond acceptors (Lipinski definition) is 3. The number of alkyl halides is 3. The highest BCUT2D eigenvalue weighted by molar-refractivity contribution is 5.80. The fraction of sp³-hybridized carbons (Fsp3) is 0.650. The molecule has 3 rings (SSSR count). The van der Waals surface area contributed by atoms with Crippen LogP contribution in [-0.2, 0) is 30.4 Å². The van der Waals surface area contributed by atoms with E-state index in [-0.39, 0.29) is 17.4 Å². The van der Waals surface area contributed by atoms with E-state index in [0.717, 1.165) is 11.4 Å². The zero-order valence-electron chi connectivity index (χ0n) is 17.3. The minimum Gasteiger partial charge on any atom is -0.354 e. The third-order valence-corrected chi connectivity index (χ3v) is 5.42. The summed E-state index contributed by atoms with van der Waals surface area (Å²) in [7, 11) is 0. The maximum absolute atomic E-state index is 13.3. The molecule has 1 aliphatic carbocycles. The molecular weight excluding hydrogens is 383 g/mol. The van der Waals surface area contributed by atoms with Gasteiger partial charge < -0.3 is 5.32 Å². The van der Waals surface area contributed by atoms with Gasteiger partial charge in [-0.15, -0.1) is 0 Å². The van der Waals surface area contributed by atoms with Gasteiger partial charge in [0.15, 0.2) is 5.69 Å². The van der Waals surface area contributed by atoms with Gasteiger partial charge in [-0.3, -0.25) is 14.2 Å². The standard InChI is InChI=1S/C20H28F3N5O/c1-5-16(28-17-8-6-7-15(17)18(26-28)20(21,22)23)19(29)24-10-12(2)11-27-14(4)9-13(3)25-27/h9,12,16H,5-8,10-11H2,1-4H3,(H,24,29)/t12-,16+/m0/s1. The topological polar surface area (TPSA) is 64.7 Å². The van der Waals surface area contributed by atoms with Crippen molar-refractivity contribution < 1.29 is 18.0 Å². The van der Waals surface area contributed by atoms with Crippen LogP contribution >= 0.6 is 0 Å². The van der Waals surface area contributed by atoms with Crippen LogP contribution in [0.2, 0.25) is 0 Å². The highest BCUT2D eigenvalue weighted by Gasteiger charge is 2.41. The van der Waals surface area contributed by atoms with Crippen LogP contribution in [0.15, 0.2) is 6.07 Å². The molecule has 9 heteroatoms. The Kier molecular flexibility index (Phi) is 6.05. The van der Waals surface area contributed by atoms with E-state index < -0.39 is 17.9 Å². The van der Waals surface area contributed by atoms with Crippen LogP contribution in [0.3, 0.4) is 0 Å². The monoisotopic (exact) mass is 411 g/mol. The summed E-state index contributed by atoms with van der Waals surface area (Å²) in [5, 5.41) is 11.1. The van der Waals surface area contributed by atoms with Crippen molar-refractivity contribution in [3.63, 3.8) is 0 Å². The lowest BCUT2D eigenvalue weighted by Crippen LogP contribution is -2.37. The highest BCUT2D eigenvalue weighted by Crippen LogP contribution is 2.37. The average Bonchev–Trinajstić information content (AvgIpc) is 3.30. The van der Waals surface area contributed by atoms with Crippen LogP contribution in [-0.4, -0.2) is 32.0 Å². The van der Waals surface area contributed by atoms with Crippen LogP contribution in [0.5, 0.6) is 0 Å². The molecule has 0 fully saturated rings. The quantitative estimate of drug-likeness (QED) is 0.757. The summed E-state index contributed by atoms with van der Waals surface area (Å²) in [5.41, 5.74) is 1.96. The van der Waals surface area contributed by atoms with Gasteiger partial charge in [-0.25, -0.2) is 0 Å². The molecule has 1 amide bonds. The van der Waals surface area contributed by atoms with Crippen molar-refractivity contribution in [1.29, 1.82) is 0 Å². The van der Waals surface area contributed by atoms with E-state index in [1.165, 1.54) is 4.68 Å². The van der Waals surface area contributed by atoms with Crippen molar-refractivity contribution in [2.24, 2.45) is 5.92 Å². The summed E-state index contributed by atoms with van der Waals surface area (Å²) in [6.45, 7) is 8.79. The maximum atomic E-state index is 13.3. The molecule has 0 unspecified atom stereocenters. The van der Waals surface area contributed by atoms with Crippen LogP contribution in [0.25, 0.3) is 0 Å². The van der Waals surface area contributed by atoms with Crippen LogP contribution in [0.4, 0.5) is 13.2 Å². The third kappa shape index (κ3) is 4.48. The van der Waals surface area contributed by atoms with Crippen molar-refractivity contribution in [3.8, 4) is 0 Å². The highest BCUT2D eigenvalue weighted by atomic mass is 19.4. The predicted octanol–water partition coefficient (Wildman–Crippen LogP) is 3.61. The van der Waals surface area contributed by atoms with Crippen molar-refractivity contribution in [3.05, 3.63) is 34.4 Å². The number of halogens is 3. The SMILES string of the molecule is CC[C@H](C(=O)NC[C@H](C)Cn1nc(C)cc1C)n1nc(C(F)(F)F)c2c1CCC2. The Bertz CT molecular complexity index is 884. The van der Waals surface area contributed by atoms with Crippen molar-refractivity contribution in [1.82, 2.24) is 24.9 Å². The van der Waals surface area contributed by atoms with Gasteiger partial charge >= 0.3 is 6.18 Å². The van der Waals surface area contributed by atoms with Crippen LogP contribution < -0.4 is 5.32 Å². The molecule has 1 aliphatic rings. The van der Waals surface area contributed by atoms with E-state index in [4.69, 9.17) is 0 Å². The normalized spacial score (nSPS) is 16.0. The molecule has 2 heterocycles. The zero-order valence-corrected chi connectivity index (χ0v) is 17.3. The number of rotatable bonds is 7. The largest absolute Gasteiger partial charge is 0.435 e. The first kappa shape index (κ1) is 21.4. The number of nitrogens with zero attached hydrogens (tertiary/aromatic N) is 4. The van der Waals surface area contributed by atoms with Crippen LogP contribution in [0, 0.1) is 19.8 Å². The summed E-state index contributed by atoms with van der Waals surface area (Å²) in [5.74, 6) is -0.165. The van der Waals surface area contributed by atoms with Gasteiger partial charge in [0.25, 0.3) is 0 Å². The minimum absolute atomic E-state index is 0.128. The Morgan fingerprint density at radius 1 is 1.28 bits per heavy atom. The first-order chi connectivity index (χ1) is 13.6. The molecule has 2 atom stereocenters. The maximum Gasteiger partial charge on any atom is 0.435 e. The lowest BCUT2D eigenvalue weighted by molar-refractivity contribution is -0.142. The molecule has 6 nitrogen and oxygen atoms in total. The average molecular weight is 411 g/mol. The van der Waals surface area contributed by atoms with Gasteiger partial charge in [0, 0.05) is 30.0 Å². The summed E-state index contributed by atoms with van der Waals surface area (Å²) in [4.78, 5) is 12.8. The Labute approximate surface area is 168 Å². The molecule has 0 saturated carbocycles. The molecule has 0 spiro atoms. The molecule has 2 aromatic rings. The lowest BCUT2D eigenvalue weighted by Gasteiger charge is -2.20. The predicted molar refractivity (Wildman–Crippen MR) is 102 cm³/mol. The summed E-state index contributed by atoms with van der Waals surface area (Å²) in [6, 6.07) is 1.26. The van der Waals surface area contributed by atoms with Gasteiger partial charge in [-0.1, -0.05) is 13.8 Å². The van der Waals surface area contributed by atoms with E-state index in [2.05, 4.69) is 15.5 Å². The molecule has 0 aliphatic heterocycles. The molecular formula is C20H28F3N5O. The smallest absolute Gasteiger partial charge is 0.354 e. The molecule has 0 bridgehead atoms. The minimum atomic E-state index is -4.50. The second kappa shape index (κ2) is 8.20.